The second-order valence-corrected chi connectivity index (χ2v) is 7.97. The lowest BCUT2D eigenvalue weighted by Crippen LogP contribution is -2.17. The van der Waals surface area contributed by atoms with Gasteiger partial charge >= 0.3 is 5.97 Å². The highest BCUT2D eigenvalue weighted by molar-refractivity contribution is 5.95. The molecular weight excluding hydrogens is 402 g/mol. The van der Waals surface area contributed by atoms with Gasteiger partial charge in [-0.2, -0.15) is 0 Å². The van der Waals surface area contributed by atoms with Crippen LogP contribution in [0.15, 0.2) is 66.7 Å². The Kier molecular flexibility index (Phi) is 7.38. The molecule has 0 N–H and O–H groups in total. The summed E-state index contributed by atoms with van der Waals surface area (Å²) in [5.74, 6) is 0.287. The number of carbonyl (C=O) groups excluding carboxylic acids is 1. The number of aromatic nitrogens is 1. The van der Waals surface area contributed by atoms with E-state index in [2.05, 4.69) is 12.1 Å². The predicted molar refractivity (Wildman–Crippen MR) is 123 cm³/mol. The van der Waals surface area contributed by atoms with Crippen molar-refractivity contribution >= 4 is 5.97 Å². The number of hydrogen-bond acceptors (Lipinski definition) is 5. The van der Waals surface area contributed by atoms with E-state index in [1.165, 1.54) is 0 Å². The summed E-state index contributed by atoms with van der Waals surface area (Å²) in [6, 6.07) is 21.8. The Morgan fingerprint density at radius 1 is 0.969 bits per heavy atom. The van der Waals surface area contributed by atoms with Gasteiger partial charge in [-0.05, 0) is 43.7 Å². The second kappa shape index (κ2) is 10.8. The van der Waals surface area contributed by atoms with Gasteiger partial charge in [-0.15, -0.1) is 0 Å². The largest absolute Gasteiger partial charge is 0.489 e. The predicted octanol–water partition coefficient (Wildman–Crippen LogP) is 5.75. The van der Waals surface area contributed by atoms with Crippen LogP contribution in [-0.2, 0) is 17.8 Å². The van der Waals surface area contributed by atoms with Crippen molar-refractivity contribution in [2.75, 3.05) is 6.61 Å². The van der Waals surface area contributed by atoms with Crippen LogP contribution >= 0.6 is 0 Å². The van der Waals surface area contributed by atoms with Crippen molar-refractivity contribution in [1.29, 1.82) is 0 Å². The number of hydrogen-bond donors (Lipinski definition) is 0. The summed E-state index contributed by atoms with van der Waals surface area (Å²) in [5.41, 5.74) is 3.19. The molecule has 0 radical (unpaired) electrons. The SMILES string of the molecule is CCOC(=O)c1c(OC2CCCC2)cc(Cc2ccccc2)nc1OCc1ccccc1. The molecule has 3 aromatic rings. The van der Waals surface area contributed by atoms with Crippen molar-refractivity contribution in [2.45, 2.75) is 51.7 Å². The molecule has 32 heavy (non-hydrogen) atoms. The molecule has 1 aromatic heterocycles. The van der Waals surface area contributed by atoms with Crippen LogP contribution < -0.4 is 9.47 Å². The van der Waals surface area contributed by atoms with Gasteiger partial charge in [-0.1, -0.05) is 60.7 Å². The maximum Gasteiger partial charge on any atom is 0.347 e. The van der Waals surface area contributed by atoms with Crippen LogP contribution in [0, 0.1) is 0 Å². The first-order valence-corrected chi connectivity index (χ1v) is 11.3. The zero-order valence-corrected chi connectivity index (χ0v) is 18.5. The molecule has 1 aliphatic carbocycles. The molecule has 4 rings (SSSR count). The lowest BCUT2D eigenvalue weighted by molar-refractivity contribution is 0.0512. The van der Waals surface area contributed by atoms with Crippen molar-refractivity contribution in [3.8, 4) is 11.6 Å². The Morgan fingerprint density at radius 3 is 2.28 bits per heavy atom. The zero-order valence-electron chi connectivity index (χ0n) is 18.5. The van der Waals surface area contributed by atoms with Gasteiger partial charge < -0.3 is 14.2 Å². The molecule has 1 aliphatic rings. The summed E-state index contributed by atoms with van der Waals surface area (Å²) in [4.78, 5) is 17.6. The normalized spacial score (nSPS) is 13.7. The third-order valence-electron chi connectivity index (χ3n) is 5.52. The fourth-order valence-electron chi connectivity index (χ4n) is 3.94. The summed E-state index contributed by atoms with van der Waals surface area (Å²) < 4.78 is 17.8. The Balaban J connectivity index is 1.71. The van der Waals surface area contributed by atoms with E-state index >= 15 is 0 Å². The van der Waals surface area contributed by atoms with E-state index in [0.717, 1.165) is 42.5 Å². The highest BCUT2D eigenvalue weighted by Gasteiger charge is 2.27. The molecule has 0 amide bonds. The molecule has 0 saturated heterocycles. The minimum Gasteiger partial charge on any atom is -0.489 e. The van der Waals surface area contributed by atoms with E-state index in [-0.39, 0.29) is 24.2 Å². The van der Waals surface area contributed by atoms with Gasteiger partial charge in [0.2, 0.25) is 5.88 Å². The fraction of sp³-hybridized carbons (Fsp3) is 0.333. The molecule has 2 aromatic carbocycles. The van der Waals surface area contributed by atoms with E-state index in [0.29, 0.717) is 18.8 Å². The summed E-state index contributed by atoms with van der Waals surface area (Å²) in [7, 11) is 0. The molecule has 0 aliphatic heterocycles. The molecule has 1 saturated carbocycles. The lowest BCUT2D eigenvalue weighted by Gasteiger charge is -2.19. The van der Waals surface area contributed by atoms with Crippen LogP contribution in [0.4, 0.5) is 0 Å². The number of esters is 1. The minimum atomic E-state index is -0.470. The topological polar surface area (TPSA) is 57.7 Å². The van der Waals surface area contributed by atoms with E-state index in [9.17, 15) is 4.79 Å². The van der Waals surface area contributed by atoms with Gasteiger partial charge in [0.1, 0.15) is 12.4 Å². The van der Waals surface area contributed by atoms with Crippen molar-refractivity contribution in [3.63, 3.8) is 0 Å². The van der Waals surface area contributed by atoms with Crippen LogP contribution in [0.25, 0.3) is 0 Å². The summed E-state index contributed by atoms with van der Waals surface area (Å²) >= 11 is 0. The molecule has 5 nitrogen and oxygen atoms in total. The number of rotatable bonds is 9. The second-order valence-electron chi connectivity index (χ2n) is 7.97. The smallest absolute Gasteiger partial charge is 0.347 e. The Labute approximate surface area is 189 Å². The number of carbonyl (C=O) groups is 1. The first-order chi connectivity index (χ1) is 15.7. The average Bonchev–Trinajstić information content (AvgIpc) is 3.32. The number of ether oxygens (including phenoxy) is 3. The summed E-state index contributed by atoms with van der Waals surface area (Å²) in [6.45, 7) is 2.36. The summed E-state index contributed by atoms with van der Waals surface area (Å²) in [6.07, 6.45) is 4.96. The quantitative estimate of drug-likeness (QED) is 0.404. The maximum absolute atomic E-state index is 12.9. The number of pyridine rings is 1. The average molecular weight is 432 g/mol. The van der Waals surface area contributed by atoms with Crippen LogP contribution in [-0.4, -0.2) is 23.7 Å². The molecule has 5 heteroatoms. The van der Waals surface area contributed by atoms with Gasteiger partial charge in [0.25, 0.3) is 0 Å². The Morgan fingerprint density at radius 2 is 1.62 bits per heavy atom. The first-order valence-electron chi connectivity index (χ1n) is 11.3. The van der Waals surface area contributed by atoms with Gasteiger partial charge in [0.15, 0.2) is 5.56 Å². The van der Waals surface area contributed by atoms with Gasteiger partial charge in [0, 0.05) is 12.5 Å². The molecule has 166 valence electrons. The zero-order chi connectivity index (χ0) is 22.2. The van der Waals surface area contributed by atoms with Crippen molar-refractivity contribution < 1.29 is 19.0 Å². The van der Waals surface area contributed by atoms with Crippen LogP contribution in [0.1, 0.15) is 59.8 Å². The number of benzene rings is 2. The standard InChI is InChI=1S/C27H29NO4/c1-2-30-27(29)25-24(32-23-15-9-10-16-23)18-22(17-20-11-5-3-6-12-20)28-26(25)31-19-21-13-7-4-8-14-21/h3-8,11-14,18,23H,2,9-10,15-17,19H2,1H3. The summed E-state index contributed by atoms with van der Waals surface area (Å²) in [5, 5.41) is 0. The van der Waals surface area contributed by atoms with Crippen molar-refractivity contribution in [1.82, 2.24) is 4.98 Å². The molecule has 0 bridgehead atoms. The molecular formula is C27H29NO4. The van der Waals surface area contributed by atoms with E-state index < -0.39 is 5.97 Å². The van der Waals surface area contributed by atoms with Crippen LogP contribution in [0.2, 0.25) is 0 Å². The third-order valence-corrected chi connectivity index (χ3v) is 5.52. The van der Waals surface area contributed by atoms with Crippen molar-refractivity contribution in [2.24, 2.45) is 0 Å². The maximum atomic E-state index is 12.9. The molecule has 0 unspecified atom stereocenters. The van der Waals surface area contributed by atoms with Crippen molar-refractivity contribution in [3.05, 3.63) is 89.1 Å². The first kappa shape index (κ1) is 21.9. The molecule has 0 atom stereocenters. The molecule has 1 heterocycles. The van der Waals surface area contributed by atoms with Gasteiger partial charge in [-0.25, -0.2) is 9.78 Å². The molecule has 1 fully saturated rings. The van der Waals surface area contributed by atoms with Gasteiger partial charge in [-0.3, -0.25) is 0 Å². The lowest BCUT2D eigenvalue weighted by atomic mass is 10.1. The molecule has 0 spiro atoms. The van der Waals surface area contributed by atoms with E-state index in [1.54, 1.807) is 6.92 Å². The van der Waals surface area contributed by atoms with E-state index in [4.69, 9.17) is 19.2 Å². The minimum absolute atomic E-state index is 0.0946. The monoisotopic (exact) mass is 431 g/mol. The van der Waals surface area contributed by atoms with Crippen LogP contribution in [0.5, 0.6) is 11.6 Å². The third kappa shape index (κ3) is 5.67. The number of nitrogens with zero attached hydrogens (tertiary/aromatic N) is 1. The van der Waals surface area contributed by atoms with Gasteiger partial charge in [0.05, 0.1) is 18.4 Å². The Hall–Kier alpha value is -3.34. The highest BCUT2D eigenvalue weighted by Crippen LogP contribution is 2.33. The van der Waals surface area contributed by atoms with E-state index in [1.807, 2.05) is 54.6 Å². The highest BCUT2D eigenvalue weighted by atomic mass is 16.5. The van der Waals surface area contributed by atoms with Crippen LogP contribution in [0.3, 0.4) is 0 Å². The Bertz CT molecular complexity index is 1010. The fourth-order valence-corrected chi connectivity index (χ4v) is 3.94.